The quantitative estimate of drug-likeness (QED) is 0.394. The molecular weight excluding hydrogens is 452 g/mol. The van der Waals surface area contributed by atoms with E-state index in [9.17, 15) is 13.2 Å². The standard InChI is InChI=1S/C25H30N4O4S/c1-2-3-4-6-21-11-20-10-9-19(13-23(20)28-24(21)26)18-7-5-8-22(12-18)34(32,33)29-15-17(16-29)14-27-25(30)31/h5,7-13,17,27H,2-4,6,14-16H2,1H3,(H2,26,28)(H,30,31). The number of unbranched alkanes of at least 4 members (excludes halogenated alkanes) is 2. The molecule has 1 aliphatic rings. The monoisotopic (exact) mass is 482 g/mol. The number of rotatable bonds is 9. The number of benzene rings is 2. The lowest BCUT2D eigenvalue weighted by atomic mass is 10.0. The van der Waals surface area contributed by atoms with Crippen LogP contribution in [-0.2, 0) is 16.4 Å². The molecule has 0 radical (unpaired) electrons. The number of pyridine rings is 1. The van der Waals surface area contributed by atoms with E-state index < -0.39 is 16.1 Å². The molecule has 9 heteroatoms. The maximum atomic E-state index is 13.0. The normalized spacial score (nSPS) is 14.7. The Bertz CT molecular complexity index is 1300. The van der Waals surface area contributed by atoms with Crippen molar-refractivity contribution in [3.8, 4) is 11.1 Å². The summed E-state index contributed by atoms with van der Waals surface area (Å²) in [6.07, 6.45) is 3.20. The molecule has 180 valence electrons. The first-order valence-electron chi connectivity index (χ1n) is 11.5. The van der Waals surface area contributed by atoms with E-state index in [1.807, 2.05) is 24.3 Å². The fraction of sp³-hybridized carbons (Fsp3) is 0.360. The highest BCUT2D eigenvalue weighted by Gasteiger charge is 2.36. The van der Waals surface area contributed by atoms with Crippen molar-refractivity contribution in [3.63, 3.8) is 0 Å². The zero-order valence-corrected chi connectivity index (χ0v) is 20.0. The van der Waals surface area contributed by atoms with Crippen LogP contribution in [-0.4, -0.2) is 48.5 Å². The first-order chi connectivity index (χ1) is 16.3. The van der Waals surface area contributed by atoms with Gasteiger partial charge in [-0.05, 0) is 53.8 Å². The van der Waals surface area contributed by atoms with Gasteiger partial charge in [-0.1, -0.05) is 44.0 Å². The number of hydrogen-bond acceptors (Lipinski definition) is 5. The third-order valence-electron chi connectivity index (χ3n) is 6.25. The number of carboxylic acid groups (broad SMARTS) is 1. The molecule has 1 aromatic heterocycles. The van der Waals surface area contributed by atoms with E-state index in [2.05, 4.69) is 23.3 Å². The SMILES string of the molecule is CCCCCc1cc2ccc(-c3cccc(S(=O)(=O)N4CC(CNC(=O)O)C4)c3)cc2nc1N. The van der Waals surface area contributed by atoms with Crippen molar-refractivity contribution in [2.24, 2.45) is 5.92 Å². The minimum Gasteiger partial charge on any atom is -0.465 e. The number of hydrogen-bond donors (Lipinski definition) is 3. The van der Waals surface area contributed by atoms with Crippen molar-refractivity contribution in [2.75, 3.05) is 25.4 Å². The summed E-state index contributed by atoms with van der Waals surface area (Å²) in [4.78, 5) is 15.5. The number of nitrogens with two attached hydrogens (primary N) is 1. The van der Waals surface area contributed by atoms with E-state index in [1.165, 1.54) is 4.31 Å². The van der Waals surface area contributed by atoms with E-state index in [4.69, 9.17) is 10.8 Å². The van der Waals surface area contributed by atoms with Gasteiger partial charge in [0.1, 0.15) is 5.82 Å². The van der Waals surface area contributed by atoms with Crippen molar-refractivity contribution in [2.45, 2.75) is 37.5 Å². The fourth-order valence-electron chi connectivity index (χ4n) is 4.24. The summed E-state index contributed by atoms with van der Waals surface area (Å²) >= 11 is 0. The number of nitrogens with one attached hydrogen (secondary N) is 1. The second-order valence-electron chi connectivity index (χ2n) is 8.80. The molecule has 2 heterocycles. The third kappa shape index (κ3) is 5.15. The van der Waals surface area contributed by atoms with Crippen LogP contribution in [0, 0.1) is 5.92 Å². The maximum Gasteiger partial charge on any atom is 0.404 e. The van der Waals surface area contributed by atoms with E-state index in [0.717, 1.165) is 53.3 Å². The lowest BCUT2D eigenvalue weighted by Crippen LogP contribution is -2.53. The predicted molar refractivity (Wildman–Crippen MR) is 133 cm³/mol. The van der Waals surface area contributed by atoms with Crippen LogP contribution in [0.5, 0.6) is 0 Å². The molecule has 4 N–H and O–H groups in total. The molecule has 0 atom stereocenters. The number of amides is 1. The molecule has 0 bridgehead atoms. The van der Waals surface area contributed by atoms with Crippen molar-refractivity contribution in [3.05, 3.63) is 54.1 Å². The summed E-state index contributed by atoms with van der Waals surface area (Å²) < 4.78 is 27.5. The molecule has 8 nitrogen and oxygen atoms in total. The van der Waals surface area contributed by atoms with E-state index in [1.54, 1.807) is 18.2 Å². The Morgan fingerprint density at radius 1 is 1.15 bits per heavy atom. The molecule has 0 aliphatic carbocycles. The van der Waals surface area contributed by atoms with Gasteiger partial charge in [0.15, 0.2) is 0 Å². The zero-order valence-electron chi connectivity index (χ0n) is 19.2. The van der Waals surface area contributed by atoms with Gasteiger partial charge in [-0.2, -0.15) is 4.31 Å². The van der Waals surface area contributed by atoms with E-state index >= 15 is 0 Å². The number of fused-ring (bicyclic) bond motifs is 1. The van der Waals surface area contributed by atoms with E-state index in [-0.39, 0.29) is 17.4 Å². The zero-order chi connectivity index (χ0) is 24.3. The number of aromatic nitrogens is 1. The number of sulfonamides is 1. The lowest BCUT2D eigenvalue weighted by molar-refractivity contribution is 0.172. The molecule has 0 unspecified atom stereocenters. The first-order valence-corrected chi connectivity index (χ1v) is 13.0. The van der Waals surface area contributed by atoms with Gasteiger partial charge < -0.3 is 16.2 Å². The first kappa shape index (κ1) is 24.0. The number of nitrogens with zero attached hydrogens (tertiary/aromatic N) is 2. The van der Waals surface area contributed by atoms with Gasteiger partial charge in [0, 0.05) is 30.9 Å². The number of carbonyl (C=O) groups is 1. The molecule has 0 spiro atoms. The Hall–Kier alpha value is -3.17. The molecule has 4 rings (SSSR count). The van der Waals surface area contributed by atoms with Crippen LogP contribution in [0.1, 0.15) is 31.7 Å². The topological polar surface area (TPSA) is 126 Å². The van der Waals surface area contributed by atoms with Crippen LogP contribution in [0.25, 0.3) is 22.0 Å². The van der Waals surface area contributed by atoms with E-state index in [0.29, 0.717) is 18.9 Å². The Morgan fingerprint density at radius 2 is 1.91 bits per heavy atom. The number of anilines is 1. The second-order valence-corrected chi connectivity index (χ2v) is 10.7. The number of nitrogen functional groups attached to an aromatic ring is 1. The van der Waals surface area contributed by atoms with Crippen LogP contribution in [0.4, 0.5) is 10.6 Å². The van der Waals surface area contributed by atoms with Gasteiger partial charge in [0.25, 0.3) is 0 Å². The predicted octanol–water partition coefficient (Wildman–Crippen LogP) is 4.10. The van der Waals surface area contributed by atoms with Crippen molar-refractivity contribution in [1.29, 1.82) is 0 Å². The molecular formula is C25H30N4O4S. The largest absolute Gasteiger partial charge is 0.465 e. The summed E-state index contributed by atoms with van der Waals surface area (Å²) in [6, 6.07) is 14.9. The molecule has 2 aromatic carbocycles. The molecule has 1 amide bonds. The lowest BCUT2D eigenvalue weighted by Gasteiger charge is -2.37. The average molecular weight is 483 g/mol. The van der Waals surface area contributed by atoms with Crippen LogP contribution >= 0.6 is 0 Å². The molecule has 0 saturated carbocycles. The highest BCUT2D eigenvalue weighted by atomic mass is 32.2. The molecule has 1 saturated heterocycles. The average Bonchev–Trinajstić information content (AvgIpc) is 2.78. The maximum absolute atomic E-state index is 13.0. The van der Waals surface area contributed by atoms with Gasteiger partial charge in [-0.3, -0.25) is 0 Å². The van der Waals surface area contributed by atoms with Crippen LogP contribution in [0.3, 0.4) is 0 Å². The molecule has 3 aromatic rings. The highest BCUT2D eigenvalue weighted by Crippen LogP contribution is 2.30. The highest BCUT2D eigenvalue weighted by molar-refractivity contribution is 7.89. The van der Waals surface area contributed by atoms with Gasteiger partial charge in [0.05, 0.1) is 10.4 Å². The van der Waals surface area contributed by atoms with Crippen LogP contribution in [0.2, 0.25) is 0 Å². The Kier molecular flexibility index (Phi) is 7.04. The minimum absolute atomic E-state index is 0.0158. The summed E-state index contributed by atoms with van der Waals surface area (Å²) in [7, 11) is -3.65. The summed E-state index contributed by atoms with van der Waals surface area (Å²) in [5, 5.41) is 12.0. The molecule has 34 heavy (non-hydrogen) atoms. The van der Waals surface area contributed by atoms with Crippen LogP contribution < -0.4 is 11.1 Å². The minimum atomic E-state index is -3.65. The van der Waals surface area contributed by atoms with Gasteiger partial charge >= 0.3 is 6.09 Å². The summed E-state index contributed by atoms with van der Waals surface area (Å²) in [5.74, 6) is 0.528. The Morgan fingerprint density at radius 3 is 2.65 bits per heavy atom. The van der Waals surface area contributed by atoms with Gasteiger partial charge in [-0.25, -0.2) is 18.2 Å². The fourth-order valence-corrected chi connectivity index (χ4v) is 5.87. The Labute approximate surface area is 199 Å². The summed E-state index contributed by atoms with van der Waals surface area (Å²) in [6.45, 7) is 3.01. The van der Waals surface area contributed by atoms with Crippen molar-refractivity contribution >= 4 is 32.8 Å². The smallest absolute Gasteiger partial charge is 0.404 e. The molecule has 1 fully saturated rings. The third-order valence-corrected chi connectivity index (χ3v) is 8.08. The molecule has 1 aliphatic heterocycles. The Balaban J connectivity index is 1.53. The van der Waals surface area contributed by atoms with Gasteiger partial charge in [-0.15, -0.1) is 0 Å². The van der Waals surface area contributed by atoms with Crippen molar-refractivity contribution in [1.82, 2.24) is 14.6 Å². The van der Waals surface area contributed by atoms with Gasteiger partial charge in [0.2, 0.25) is 10.0 Å². The van der Waals surface area contributed by atoms with Crippen LogP contribution in [0.15, 0.2) is 53.4 Å². The van der Waals surface area contributed by atoms with Crippen molar-refractivity contribution < 1.29 is 18.3 Å². The number of aryl methyl sites for hydroxylation is 1. The summed E-state index contributed by atoms with van der Waals surface area (Å²) in [5.41, 5.74) is 9.69. The second kappa shape index (κ2) is 9.99.